The van der Waals surface area contributed by atoms with E-state index in [2.05, 4.69) is 9.97 Å². The van der Waals surface area contributed by atoms with Crippen LogP contribution in [0.1, 0.15) is 28.1 Å². The molecule has 0 unspecified atom stereocenters. The Morgan fingerprint density at radius 3 is 2.65 bits per heavy atom. The van der Waals surface area contributed by atoms with Crippen LogP contribution >= 0.6 is 11.3 Å². The maximum Gasteiger partial charge on any atom is 0.346 e. The molecule has 3 aromatic rings. The highest BCUT2D eigenvalue weighted by Gasteiger charge is 2.22. The van der Waals surface area contributed by atoms with E-state index < -0.39 is 11.9 Å². The van der Waals surface area contributed by atoms with Gasteiger partial charge in [0.15, 0.2) is 5.82 Å². The fraction of sp³-hybridized carbons (Fsp3) is 0.235. The Morgan fingerprint density at radius 2 is 2.04 bits per heavy atom. The number of aromatic nitrogens is 3. The molecule has 0 amide bonds. The highest BCUT2D eigenvalue weighted by atomic mass is 32.1. The number of hydrogen-bond donors (Lipinski definition) is 2. The number of fused-ring (bicyclic) bond motifs is 1. The van der Waals surface area contributed by atoms with Crippen LogP contribution in [0, 0.1) is 6.92 Å². The monoisotopic (exact) mass is 373 g/mol. The predicted molar refractivity (Wildman–Crippen MR) is 95.7 cm³/mol. The fourth-order valence-corrected chi connectivity index (χ4v) is 3.72. The minimum absolute atomic E-state index is 0.0693. The summed E-state index contributed by atoms with van der Waals surface area (Å²) >= 11 is 0.947. The summed E-state index contributed by atoms with van der Waals surface area (Å²) in [5.74, 6) is -1.76. The second-order valence-corrected chi connectivity index (χ2v) is 6.65. The Morgan fingerprint density at radius 1 is 1.27 bits per heavy atom. The lowest BCUT2D eigenvalue weighted by Crippen LogP contribution is -2.24. The molecule has 2 N–H and O–H groups in total. The van der Waals surface area contributed by atoms with Crippen LogP contribution in [0.2, 0.25) is 0 Å². The normalized spacial score (nSPS) is 11.0. The third-order valence-corrected chi connectivity index (χ3v) is 5.08. The molecule has 3 aromatic heterocycles. The van der Waals surface area contributed by atoms with E-state index in [1.807, 2.05) is 0 Å². The molecule has 0 radical (unpaired) electrons. The van der Waals surface area contributed by atoms with Gasteiger partial charge in [0.2, 0.25) is 0 Å². The molecule has 0 aliphatic carbocycles. The molecule has 0 atom stereocenters. The number of thiophene rings is 1. The molecule has 8 nitrogen and oxygen atoms in total. The molecule has 0 aliphatic heterocycles. The van der Waals surface area contributed by atoms with Crippen molar-refractivity contribution in [2.75, 3.05) is 0 Å². The third-order valence-electron chi connectivity index (χ3n) is 3.91. The Labute approximate surface area is 151 Å². The molecule has 26 heavy (non-hydrogen) atoms. The van der Waals surface area contributed by atoms with Crippen molar-refractivity contribution in [2.45, 2.75) is 26.3 Å². The Kier molecular flexibility index (Phi) is 4.81. The maximum atomic E-state index is 13.0. The zero-order valence-electron chi connectivity index (χ0n) is 13.8. The summed E-state index contributed by atoms with van der Waals surface area (Å²) in [5.41, 5.74) is 0.446. The van der Waals surface area contributed by atoms with E-state index in [4.69, 9.17) is 5.11 Å². The highest BCUT2D eigenvalue weighted by molar-refractivity contribution is 7.20. The summed E-state index contributed by atoms with van der Waals surface area (Å²) in [6.07, 6.45) is 1.72. The lowest BCUT2D eigenvalue weighted by atomic mass is 10.2. The summed E-state index contributed by atoms with van der Waals surface area (Å²) in [5, 5.41) is 18.4. The van der Waals surface area contributed by atoms with Crippen LogP contribution in [0.5, 0.6) is 0 Å². The van der Waals surface area contributed by atoms with Gasteiger partial charge in [0.1, 0.15) is 15.4 Å². The van der Waals surface area contributed by atoms with Gasteiger partial charge in [-0.25, -0.2) is 9.78 Å². The first-order chi connectivity index (χ1) is 12.4. The average molecular weight is 373 g/mol. The number of nitrogens with zero attached hydrogens (tertiary/aromatic N) is 3. The summed E-state index contributed by atoms with van der Waals surface area (Å²) in [7, 11) is 0. The van der Waals surface area contributed by atoms with Crippen molar-refractivity contribution in [3.05, 3.63) is 45.2 Å². The van der Waals surface area contributed by atoms with E-state index in [0.29, 0.717) is 21.9 Å². The average Bonchev–Trinajstić information content (AvgIpc) is 2.94. The van der Waals surface area contributed by atoms with Gasteiger partial charge in [-0.2, -0.15) is 0 Å². The first-order valence-electron chi connectivity index (χ1n) is 7.80. The number of aliphatic carboxylic acids is 1. The van der Waals surface area contributed by atoms with Crippen molar-refractivity contribution in [3.8, 4) is 11.5 Å². The molecule has 0 fully saturated rings. The number of hydrogen-bond acceptors (Lipinski definition) is 6. The molecule has 134 valence electrons. The quantitative estimate of drug-likeness (QED) is 0.680. The van der Waals surface area contributed by atoms with Crippen LogP contribution in [0.25, 0.3) is 21.7 Å². The van der Waals surface area contributed by atoms with Crippen molar-refractivity contribution in [3.63, 3.8) is 0 Å². The fourth-order valence-electron chi connectivity index (χ4n) is 2.71. The van der Waals surface area contributed by atoms with Crippen LogP contribution in [0.4, 0.5) is 0 Å². The smallest absolute Gasteiger partial charge is 0.346 e. The van der Waals surface area contributed by atoms with Crippen LogP contribution in [-0.4, -0.2) is 36.7 Å². The summed E-state index contributed by atoms with van der Waals surface area (Å²) in [4.78, 5) is 44.3. The van der Waals surface area contributed by atoms with Gasteiger partial charge < -0.3 is 10.2 Å². The predicted octanol–water partition coefficient (Wildman–Crippen LogP) is 2.39. The van der Waals surface area contributed by atoms with E-state index >= 15 is 0 Å². The molecule has 3 heterocycles. The first kappa shape index (κ1) is 17.7. The lowest BCUT2D eigenvalue weighted by Gasteiger charge is -2.11. The summed E-state index contributed by atoms with van der Waals surface area (Å²) < 4.78 is 1.37. The first-order valence-corrected chi connectivity index (χ1v) is 8.62. The minimum atomic E-state index is -1.11. The molecule has 0 saturated heterocycles. The number of carboxylic acids is 2. The second kappa shape index (κ2) is 7.04. The maximum absolute atomic E-state index is 13.0. The largest absolute Gasteiger partial charge is 0.481 e. The number of aryl methyl sites for hydroxylation is 1. The van der Waals surface area contributed by atoms with Crippen molar-refractivity contribution in [1.82, 2.24) is 14.5 Å². The van der Waals surface area contributed by atoms with Gasteiger partial charge in [0.25, 0.3) is 5.56 Å². The van der Waals surface area contributed by atoms with Gasteiger partial charge in [0, 0.05) is 19.2 Å². The number of pyridine rings is 1. The molecule has 0 spiro atoms. The molecular weight excluding hydrogens is 358 g/mol. The van der Waals surface area contributed by atoms with Crippen molar-refractivity contribution < 1.29 is 19.8 Å². The van der Waals surface area contributed by atoms with Crippen LogP contribution in [0.15, 0.2) is 29.2 Å². The van der Waals surface area contributed by atoms with Crippen LogP contribution < -0.4 is 5.56 Å². The molecule has 9 heteroatoms. The zero-order valence-corrected chi connectivity index (χ0v) is 14.6. The van der Waals surface area contributed by atoms with E-state index in [-0.39, 0.29) is 35.2 Å². The molecule has 0 aromatic carbocycles. The summed E-state index contributed by atoms with van der Waals surface area (Å²) in [6, 6.07) is 5.18. The molecule has 0 bridgehead atoms. The topological polar surface area (TPSA) is 122 Å². The van der Waals surface area contributed by atoms with Gasteiger partial charge in [-0.1, -0.05) is 6.07 Å². The summed E-state index contributed by atoms with van der Waals surface area (Å²) in [6.45, 7) is 1.73. The number of aromatic carboxylic acids is 1. The number of rotatable bonds is 6. The molecular formula is C17H15N3O5S. The molecule has 0 saturated carbocycles. The van der Waals surface area contributed by atoms with E-state index in [0.717, 1.165) is 11.3 Å². The van der Waals surface area contributed by atoms with Crippen LogP contribution in [0.3, 0.4) is 0 Å². The lowest BCUT2D eigenvalue weighted by molar-refractivity contribution is -0.137. The van der Waals surface area contributed by atoms with Gasteiger partial charge in [-0.3, -0.25) is 19.1 Å². The second-order valence-electron chi connectivity index (χ2n) is 5.65. The Hall–Kier alpha value is -3.07. The van der Waals surface area contributed by atoms with Gasteiger partial charge in [-0.05, 0) is 31.0 Å². The van der Waals surface area contributed by atoms with Gasteiger partial charge >= 0.3 is 11.9 Å². The Balaban J connectivity index is 2.24. The Bertz CT molecular complexity index is 1060. The number of carbonyl (C=O) groups is 2. The molecule has 3 rings (SSSR count). The SMILES string of the molecule is Cc1c(C(=O)O)sc2nc(-c3ccccn3)n(CCCC(=O)O)c(=O)c12. The van der Waals surface area contributed by atoms with Gasteiger partial charge in [0.05, 0.1) is 5.39 Å². The van der Waals surface area contributed by atoms with Crippen LogP contribution in [-0.2, 0) is 11.3 Å². The van der Waals surface area contributed by atoms with Gasteiger partial charge in [-0.15, -0.1) is 11.3 Å². The van der Waals surface area contributed by atoms with Crippen molar-refractivity contribution in [2.24, 2.45) is 0 Å². The van der Waals surface area contributed by atoms with Crippen molar-refractivity contribution >= 4 is 33.5 Å². The standard InChI is InChI=1S/C17H15N3O5S/c1-9-12-15(26-13(9)17(24)25)19-14(10-5-2-3-7-18-10)20(16(12)23)8-4-6-11(21)22/h2-3,5,7H,4,6,8H2,1H3,(H,21,22)(H,24,25). The third kappa shape index (κ3) is 3.21. The number of carboxylic acid groups (broad SMARTS) is 2. The van der Waals surface area contributed by atoms with E-state index in [1.54, 1.807) is 31.3 Å². The minimum Gasteiger partial charge on any atom is -0.481 e. The van der Waals surface area contributed by atoms with Crippen molar-refractivity contribution in [1.29, 1.82) is 0 Å². The van der Waals surface area contributed by atoms with E-state index in [9.17, 15) is 19.5 Å². The molecule has 0 aliphatic rings. The van der Waals surface area contributed by atoms with E-state index in [1.165, 1.54) is 4.57 Å². The highest BCUT2D eigenvalue weighted by Crippen LogP contribution is 2.29. The zero-order chi connectivity index (χ0) is 18.8.